The molecule has 0 N–H and O–H groups in total. The van der Waals surface area contributed by atoms with Crippen molar-refractivity contribution < 1.29 is 19.1 Å². The summed E-state index contributed by atoms with van der Waals surface area (Å²) in [4.78, 5) is 25.3. The van der Waals surface area contributed by atoms with Gasteiger partial charge in [-0.05, 0) is 92.4 Å². The zero-order valence-corrected chi connectivity index (χ0v) is 28.6. The average molecular weight is 609 g/mol. The molecule has 0 aliphatic heterocycles. The minimum absolute atomic E-state index is 0.0310. The standard InChI is InChI=1S/C40H64O4/c1-4-6-8-10-12-14-16-18-20-38(41)43-32-23-25-33-31(30-32)22-24-35-34(33)28-29-40(3)36(35)26-27-37(40)44-39(42)21-19-17-15-13-11-9-7-5-2/h23,25,30,34-37H,4-22,24,26-29H2,1-3H3/t34-,35-,36+,37?,40+/m1/s1. The predicted molar refractivity (Wildman–Crippen MR) is 181 cm³/mol. The van der Waals surface area contributed by atoms with Crippen LogP contribution in [0.4, 0.5) is 0 Å². The summed E-state index contributed by atoms with van der Waals surface area (Å²) in [5, 5.41) is 0. The number of ether oxygens (including phenoxy) is 2. The Morgan fingerprint density at radius 1 is 0.727 bits per heavy atom. The van der Waals surface area contributed by atoms with Crippen LogP contribution in [0.3, 0.4) is 0 Å². The molecule has 1 unspecified atom stereocenters. The number of fused-ring (bicyclic) bond motifs is 5. The van der Waals surface area contributed by atoms with Crippen LogP contribution in [-0.4, -0.2) is 18.0 Å². The Morgan fingerprint density at radius 3 is 1.95 bits per heavy atom. The fourth-order valence-electron chi connectivity index (χ4n) is 8.97. The molecular formula is C40H64O4. The minimum Gasteiger partial charge on any atom is -0.462 e. The second kappa shape index (κ2) is 18.3. The topological polar surface area (TPSA) is 52.6 Å². The van der Waals surface area contributed by atoms with Gasteiger partial charge in [-0.25, -0.2) is 0 Å². The van der Waals surface area contributed by atoms with E-state index in [0.717, 1.165) is 57.1 Å². The molecule has 1 aromatic rings. The van der Waals surface area contributed by atoms with Gasteiger partial charge in [-0.3, -0.25) is 9.59 Å². The lowest BCUT2D eigenvalue weighted by Gasteiger charge is -2.50. The molecule has 4 nitrogen and oxygen atoms in total. The van der Waals surface area contributed by atoms with E-state index < -0.39 is 0 Å². The van der Waals surface area contributed by atoms with Gasteiger partial charge >= 0.3 is 11.9 Å². The monoisotopic (exact) mass is 608 g/mol. The summed E-state index contributed by atoms with van der Waals surface area (Å²) >= 11 is 0. The molecule has 3 aliphatic carbocycles. The lowest BCUT2D eigenvalue weighted by atomic mass is 9.55. The fourth-order valence-corrected chi connectivity index (χ4v) is 8.97. The third-order valence-corrected chi connectivity index (χ3v) is 11.6. The first-order valence-electron chi connectivity index (χ1n) is 19.0. The number of unbranched alkanes of at least 4 members (excludes halogenated alkanes) is 14. The summed E-state index contributed by atoms with van der Waals surface area (Å²) in [5.74, 6) is 2.52. The molecule has 0 spiro atoms. The van der Waals surface area contributed by atoms with Gasteiger partial charge in [-0.2, -0.15) is 0 Å². The summed E-state index contributed by atoms with van der Waals surface area (Å²) in [6, 6.07) is 6.44. The molecule has 0 bridgehead atoms. The Bertz CT molecular complexity index is 1020. The molecule has 248 valence electrons. The quantitative estimate of drug-likeness (QED) is 0.0839. The zero-order valence-electron chi connectivity index (χ0n) is 28.6. The van der Waals surface area contributed by atoms with E-state index >= 15 is 0 Å². The van der Waals surface area contributed by atoms with Gasteiger partial charge in [0.1, 0.15) is 11.9 Å². The third-order valence-electron chi connectivity index (χ3n) is 11.6. The van der Waals surface area contributed by atoms with Gasteiger partial charge in [0.05, 0.1) is 0 Å². The fraction of sp³-hybridized carbons (Fsp3) is 0.800. The first kappa shape index (κ1) is 35.0. The number of aryl methyl sites for hydroxylation is 1. The molecule has 2 fully saturated rings. The van der Waals surface area contributed by atoms with Crippen molar-refractivity contribution in [1.82, 2.24) is 0 Å². The highest BCUT2D eigenvalue weighted by Crippen LogP contribution is 2.61. The molecule has 0 saturated heterocycles. The average Bonchev–Trinajstić information content (AvgIpc) is 3.35. The lowest BCUT2D eigenvalue weighted by Crippen LogP contribution is -2.45. The van der Waals surface area contributed by atoms with Gasteiger partial charge in [-0.1, -0.05) is 117 Å². The van der Waals surface area contributed by atoms with Crippen LogP contribution in [-0.2, 0) is 20.7 Å². The maximum Gasteiger partial charge on any atom is 0.311 e. The summed E-state index contributed by atoms with van der Waals surface area (Å²) in [7, 11) is 0. The second-order valence-electron chi connectivity index (χ2n) is 14.8. The molecule has 0 aromatic heterocycles. The molecule has 44 heavy (non-hydrogen) atoms. The van der Waals surface area contributed by atoms with Crippen molar-refractivity contribution in [2.45, 2.75) is 187 Å². The zero-order chi connectivity index (χ0) is 31.2. The number of carbonyl (C=O) groups excluding carboxylic acids is 2. The molecule has 0 heterocycles. The number of esters is 2. The van der Waals surface area contributed by atoms with Crippen LogP contribution in [0.2, 0.25) is 0 Å². The molecule has 1 aromatic carbocycles. The predicted octanol–water partition coefficient (Wildman–Crippen LogP) is 11.4. The van der Waals surface area contributed by atoms with Crippen LogP contribution in [0.15, 0.2) is 18.2 Å². The number of benzene rings is 1. The Labute approximate surface area is 269 Å². The minimum atomic E-state index is -0.0907. The summed E-state index contributed by atoms with van der Waals surface area (Å²) < 4.78 is 12.0. The van der Waals surface area contributed by atoms with Gasteiger partial charge in [0.15, 0.2) is 0 Å². The van der Waals surface area contributed by atoms with E-state index in [2.05, 4.69) is 32.9 Å². The number of carbonyl (C=O) groups is 2. The molecule has 2 saturated carbocycles. The van der Waals surface area contributed by atoms with Gasteiger partial charge in [-0.15, -0.1) is 0 Å². The van der Waals surface area contributed by atoms with Gasteiger partial charge in [0.2, 0.25) is 0 Å². The van der Waals surface area contributed by atoms with Crippen LogP contribution in [0.1, 0.15) is 185 Å². The molecule has 5 atom stereocenters. The SMILES string of the molecule is CCCCCCCCCCC(=O)Oc1ccc2c(c1)CC[C@@H]1[C@@H]2CC[C@]2(C)C(OC(=O)CCCCCCCCCC)CC[C@@H]12. The molecular weight excluding hydrogens is 544 g/mol. The van der Waals surface area contributed by atoms with Crippen molar-refractivity contribution in [2.24, 2.45) is 17.3 Å². The Morgan fingerprint density at radius 2 is 1.32 bits per heavy atom. The normalized spacial score (nSPS) is 25.6. The van der Waals surface area contributed by atoms with Crippen molar-refractivity contribution in [1.29, 1.82) is 0 Å². The highest BCUT2D eigenvalue weighted by atomic mass is 16.5. The van der Waals surface area contributed by atoms with Crippen molar-refractivity contribution in [2.75, 3.05) is 0 Å². The maximum absolute atomic E-state index is 12.8. The Balaban J connectivity index is 1.20. The largest absolute Gasteiger partial charge is 0.462 e. The Hall–Kier alpha value is -1.84. The van der Waals surface area contributed by atoms with Crippen molar-refractivity contribution in [3.63, 3.8) is 0 Å². The summed E-state index contributed by atoms with van der Waals surface area (Å²) in [6.45, 7) is 6.92. The van der Waals surface area contributed by atoms with Crippen LogP contribution >= 0.6 is 0 Å². The number of hydrogen-bond donors (Lipinski definition) is 0. The molecule has 4 rings (SSSR count). The molecule has 3 aliphatic rings. The lowest BCUT2D eigenvalue weighted by molar-refractivity contribution is -0.157. The van der Waals surface area contributed by atoms with Crippen molar-refractivity contribution in [3.05, 3.63) is 29.3 Å². The third kappa shape index (κ3) is 9.83. The van der Waals surface area contributed by atoms with E-state index in [1.807, 2.05) is 6.07 Å². The van der Waals surface area contributed by atoms with E-state index in [4.69, 9.17) is 9.47 Å². The van der Waals surface area contributed by atoms with Crippen LogP contribution < -0.4 is 4.74 Å². The van der Waals surface area contributed by atoms with Crippen molar-refractivity contribution >= 4 is 11.9 Å². The highest BCUT2D eigenvalue weighted by Gasteiger charge is 2.56. The van der Waals surface area contributed by atoms with Crippen molar-refractivity contribution in [3.8, 4) is 5.75 Å². The summed E-state index contributed by atoms with van der Waals surface area (Å²) in [5.41, 5.74) is 2.96. The van der Waals surface area contributed by atoms with Gasteiger partial charge < -0.3 is 9.47 Å². The number of hydrogen-bond acceptors (Lipinski definition) is 4. The van der Waals surface area contributed by atoms with Gasteiger partial charge in [0, 0.05) is 18.3 Å². The number of rotatable bonds is 20. The molecule has 4 heteroatoms. The highest BCUT2D eigenvalue weighted by molar-refractivity contribution is 5.72. The first-order valence-corrected chi connectivity index (χ1v) is 19.0. The van der Waals surface area contributed by atoms with Gasteiger partial charge in [0.25, 0.3) is 0 Å². The Kier molecular flexibility index (Phi) is 14.6. The van der Waals surface area contributed by atoms with Crippen LogP contribution in [0, 0.1) is 17.3 Å². The second-order valence-corrected chi connectivity index (χ2v) is 14.8. The molecule has 0 amide bonds. The smallest absolute Gasteiger partial charge is 0.311 e. The first-order chi connectivity index (χ1) is 21.5. The van der Waals surface area contributed by atoms with E-state index in [-0.39, 0.29) is 23.5 Å². The van der Waals surface area contributed by atoms with E-state index in [1.165, 1.54) is 101 Å². The summed E-state index contributed by atoms with van der Waals surface area (Å²) in [6.07, 6.45) is 27.7. The maximum atomic E-state index is 12.8. The van der Waals surface area contributed by atoms with Crippen LogP contribution in [0.25, 0.3) is 0 Å². The van der Waals surface area contributed by atoms with E-state index in [9.17, 15) is 9.59 Å². The van der Waals surface area contributed by atoms with Crippen LogP contribution in [0.5, 0.6) is 5.75 Å². The molecule has 0 radical (unpaired) electrons. The van der Waals surface area contributed by atoms with E-state index in [1.54, 1.807) is 0 Å². The van der Waals surface area contributed by atoms with E-state index in [0.29, 0.717) is 30.6 Å².